The van der Waals surface area contributed by atoms with E-state index >= 15 is 0 Å². The predicted octanol–water partition coefficient (Wildman–Crippen LogP) is 3.71. The summed E-state index contributed by atoms with van der Waals surface area (Å²) in [4.78, 5) is 6.35. The largest absolute Gasteiger partial charge is 0.322 e. The molecule has 98 valence electrons. The molecule has 1 heterocycles. The summed E-state index contributed by atoms with van der Waals surface area (Å²) in [5.74, 6) is 0.685. The molecular weight excluding hydrogens is 252 g/mol. The van der Waals surface area contributed by atoms with Crippen molar-refractivity contribution in [3.63, 3.8) is 0 Å². The summed E-state index contributed by atoms with van der Waals surface area (Å²) in [6.07, 6.45) is 6.11. The standard InChI is InChI=1S/C16H18N2S/c17-14(11-8-9-11)16-18-15-12-6-2-1-4-10(12)5-3-7-13(15)19-16/h1-2,4,6,11,14H,3,5,7-9,17H2. The van der Waals surface area contributed by atoms with Crippen LogP contribution in [-0.2, 0) is 12.8 Å². The number of fused-ring (bicyclic) bond motifs is 3. The minimum absolute atomic E-state index is 0.170. The quantitative estimate of drug-likeness (QED) is 0.903. The molecule has 1 aromatic carbocycles. The SMILES string of the molecule is NC(c1nc2c(s1)CCCc1ccccc1-2)C1CC1. The molecule has 1 unspecified atom stereocenters. The summed E-state index contributed by atoms with van der Waals surface area (Å²) in [5.41, 5.74) is 10.3. The second kappa shape index (κ2) is 4.43. The number of hydrogen-bond donors (Lipinski definition) is 1. The highest BCUT2D eigenvalue weighted by Gasteiger charge is 2.32. The molecule has 1 saturated carbocycles. The number of aromatic nitrogens is 1. The monoisotopic (exact) mass is 270 g/mol. The lowest BCUT2D eigenvalue weighted by Crippen LogP contribution is -2.11. The Bertz CT molecular complexity index is 613. The van der Waals surface area contributed by atoms with Crippen LogP contribution < -0.4 is 5.73 Å². The van der Waals surface area contributed by atoms with Crippen LogP contribution in [0.1, 0.15) is 40.8 Å². The van der Waals surface area contributed by atoms with E-state index < -0.39 is 0 Å². The summed E-state index contributed by atoms with van der Waals surface area (Å²) in [6.45, 7) is 0. The van der Waals surface area contributed by atoms with E-state index in [4.69, 9.17) is 10.7 Å². The van der Waals surface area contributed by atoms with Crippen LogP contribution in [-0.4, -0.2) is 4.98 Å². The third kappa shape index (κ3) is 2.01. The molecule has 1 fully saturated rings. The van der Waals surface area contributed by atoms with Crippen LogP contribution in [0.15, 0.2) is 24.3 Å². The highest BCUT2D eigenvalue weighted by atomic mass is 32.1. The smallest absolute Gasteiger partial charge is 0.111 e. The second-order valence-electron chi connectivity index (χ2n) is 5.70. The molecule has 0 aliphatic heterocycles. The summed E-state index contributed by atoms with van der Waals surface area (Å²) < 4.78 is 0. The van der Waals surface area contributed by atoms with Gasteiger partial charge >= 0.3 is 0 Å². The van der Waals surface area contributed by atoms with Crippen LogP contribution in [0.4, 0.5) is 0 Å². The minimum atomic E-state index is 0.170. The molecule has 0 bridgehead atoms. The first-order valence-electron chi connectivity index (χ1n) is 7.16. The van der Waals surface area contributed by atoms with Gasteiger partial charge in [0.2, 0.25) is 0 Å². The molecule has 0 amide bonds. The van der Waals surface area contributed by atoms with E-state index in [2.05, 4.69) is 24.3 Å². The van der Waals surface area contributed by atoms with Gasteiger partial charge in [-0.25, -0.2) is 4.98 Å². The molecule has 0 radical (unpaired) electrons. The molecule has 3 heteroatoms. The fourth-order valence-corrected chi connectivity index (χ4v) is 4.17. The topological polar surface area (TPSA) is 38.9 Å². The van der Waals surface area contributed by atoms with Gasteiger partial charge in [0.25, 0.3) is 0 Å². The first kappa shape index (κ1) is 11.6. The fourth-order valence-electron chi connectivity index (χ4n) is 2.96. The van der Waals surface area contributed by atoms with Crippen molar-refractivity contribution in [3.8, 4) is 11.3 Å². The van der Waals surface area contributed by atoms with Crippen molar-refractivity contribution in [2.75, 3.05) is 0 Å². The van der Waals surface area contributed by atoms with Crippen molar-refractivity contribution < 1.29 is 0 Å². The van der Waals surface area contributed by atoms with E-state index in [0.29, 0.717) is 5.92 Å². The zero-order chi connectivity index (χ0) is 12.8. The molecule has 19 heavy (non-hydrogen) atoms. The molecule has 1 aromatic heterocycles. The highest BCUT2D eigenvalue weighted by molar-refractivity contribution is 7.12. The predicted molar refractivity (Wildman–Crippen MR) is 79.2 cm³/mol. The number of nitrogens with two attached hydrogens (primary N) is 1. The molecule has 1 atom stereocenters. The lowest BCUT2D eigenvalue weighted by atomic mass is 10.0. The van der Waals surface area contributed by atoms with Gasteiger partial charge in [0.05, 0.1) is 11.7 Å². The Morgan fingerprint density at radius 2 is 2.05 bits per heavy atom. The maximum Gasteiger partial charge on any atom is 0.111 e. The maximum absolute atomic E-state index is 6.32. The average molecular weight is 270 g/mol. The summed E-state index contributed by atoms with van der Waals surface area (Å²) in [7, 11) is 0. The average Bonchev–Trinajstić information content (AvgIpc) is 3.22. The molecule has 2 nitrogen and oxygen atoms in total. The lowest BCUT2D eigenvalue weighted by molar-refractivity contribution is 0.629. The van der Waals surface area contributed by atoms with Crippen molar-refractivity contribution in [1.82, 2.24) is 4.98 Å². The maximum atomic E-state index is 6.32. The Hall–Kier alpha value is -1.19. The van der Waals surface area contributed by atoms with Crippen molar-refractivity contribution in [3.05, 3.63) is 39.7 Å². The fraction of sp³-hybridized carbons (Fsp3) is 0.438. The van der Waals surface area contributed by atoms with E-state index in [-0.39, 0.29) is 6.04 Å². The highest BCUT2D eigenvalue weighted by Crippen LogP contribution is 2.43. The van der Waals surface area contributed by atoms with Crippen LogP contribution in [0.25, 0.3) is 11.3 Å². The third-order valence-corrected chi connectivity index (χ3v) is 5.47. The van der Waals surface area contributed by atoms with Gasteiger partial charge in [0.15, 0.2) is 0 Å². The molecule has 2 aliphatic carbocycles. The van der Waals surface area contributed by atoms with Crippen molar-refractivity contribution in [2.24, 2.45) is 11.7 Å². The number of nitrogens with zero attached hydrogens (tertiary/aromatic N) is 1. The van der Waals surface area contributed by atoms with E-state index in [9.17, 15) is 0 Å². The van der Waals surface area contributed by atoms with E-state index in [1.165, 1.54) is 47.4 Å². The van der Waals surface area contributed by atoms with Gasteiger partial charge in [-0.1, -0.05) is 24.3 Å². The summed E-state index contributed by atoms with van der Waals surface area (Å²) >= 11 is 1.85. The summed E-state index contributed by atoms with van der Waals surface area (Å²) in [6, 6.07) is 8.88. The van der Waals surface area contributed by atoms with Gasteiger partial charge in [0, 0.05) is 10.4 Å². The van der Waals surface area contributed by atoms with Crippen LogP contribution in [0.3, 0.4) is 0 Å². The van der Waals surface area contributed by atoms with Gasteiger partial charge < -0.3 is 5.73 Å². The third-order valence-electron chi connectivity index (χ3n) is 4.25. The normalized spacial score (nSPS) is 19.4. The first-order valence-corrected chi connectivity index (χ1v) is 7.98. The Balaban J connectivity index is 1.80. The van der Waals surface area contributed by atoms with Gasteiger partial charge in [-0.2, -0.15) is 0 Å². The Labute approximate surface area is 117 Å². The van der Waals surface area contributed by atoms with Gasteiger partial charge in [0.1, 0.15) is 5.01 Å². The molecule has 0 saturated heterocycles. The van der Waals surface area contributed by atoms with Crippen LogP contribution in [0, 0.1) is 5.92 Å². The number of hydrogen-bond acceptors (Lipinski definition) is 3. The van der Waals surface area contributed by atoms with Gasteiger partial charge in [-0.05, 0) is 43.6 Å². The first-order chi connectivity index (χ1) is 9.33. The number of benzene rings is 1. The van der Waals surface area contributed by atoms with E-state index in [1.807, 2.05) is 11.3 Å². The van der Waals surface area contributed by atoms with Gasteiger partial charge in [-0.15, -0.1) is 11.3 Å². The number of thiazole rings is 1. The Morgan fingerprint density at radius 1 is 1.21 bits per heavy atom. The van der Waals surface area contributed by atoms with Crippen LogP contribution in [0.2, 0.25) is 0 Å². The molecule has 2 aliphatic rings. The number of aryl methyl sites for hydroxylation is 2. The van der Waals surface area contributed by atoms with Crippen LogP contribution >= 0.6 is 11.3 Å². The minimum Gasteiger partial charge on any atom is -0.322 e. The van der Waals surface area contributed by atoms with E-state index in [0.717, 1.165) is 11.4 Å². The second-order valence-corrected chi connectivity index (χ2v) is 6.81. The van der Waals surface area contributed by atoms with Crippen molar-refractivity contribution in [2.45, 2.75) is 38.1 Å². The van der Waals surface area contributed by atoms with Crippen LogP contribution in [0.5, 0.6) is 0 Å². The molecule has 0 spiro atoms. The molecule has 2 aromatic rings. The zero-order valence-electron chi connectivity index (χ0n) is 10.9. The Kier molecular flexibility index (Phi) is 2.71. The zero-order valence-corrected chi connectivity index (χ0v) is 11.7. The lowest BCUT2D eigenvalue weighted by Gasteiger charge is -2.06. The molecular formula is C16H18N2S. The van der Waals surface area contributed by atoms with Gasteiger partial charge in [-0.3, -0.25) is 0 Å². The van der Waals surface area contributed by atoms with Crippen molar-refractivity contribution in [1.29, 1.82) is 0 Å². The van der Waals surface area contributed by atoms with E-state index in [1.54, 1.807) is 0 Å². The summed E-state index contributed by atoms with van der Waals surface area (Å²) in [5, 5.41) is 1.16. The number of rotatable bonds is 2. The van der Waals surface area contributed by atoms with Crippen molar-refractivity contribution >= 4 is 11.3 Å². The molecule has 4 rings (SSSR count). The Morgan fingerprint density at radius 3 is 2.89 bits per heavy atom. The molecule has 2 N–H and O–H groups in total.